The molecule has 140 valence electrons. The lowest BCUT2D eigenvalue weighted by molar-refractivity contribution is -0.0720. The largest absolute Gasteiger partial charge is 0.472 e. The Labute approximate surface area is 151 Å². The number of ether oxygens (including phenoxy) is 2. The quantitative estimate of drug-likeness (QED) is 0.815. The van der Waals surface area contributed by atoms with Crippen LogP contribution in [-0.4, -0.2) is 65.9 Å². The first kappa shape index (κ1) is 18.4. The van der Waals surface area contributed by atoms with Gasteiger partial charge in [0.15, 0.2) is 5.82 Å². The number of hydrogen-bond donors (Lipinski definition) is 0. The van der Waals surface area contributed by atoms with Crippen LogP contribution in [0.2, 0.25) is 0 Å². The first-order valence-electron chi connectivity index (χ1n) is 9.61. The molecule has 6 heteroatoms. The fraction of sp³-hybridized carbons (Fsp3) is 0.789. The van der Waals surface area contributed by atoms with Gasteiger partial charge < -0.3 is 14.4 Å². The Balaban J connectivity index is 1.54. The van der Waals surface area contributed by atoms with Crippen molar-refractivity contribution in [1.29, 1.82) is 0 Å². The lowest BCUT2D eigenvalue weighted by Gasteiger charge is -2.39. The molecule has 0 aromatic carbocycles. The summed E-state index contributed by atoms with van der Waals surface area (Å²) >= 11 is 0. The van der Waals surface area contributed by atoms with Gasteiger partial charge in [0.05, 0.1) is 18.3 Å². The molecule has 0 saturated carbocycles. The van der Waals surface area contributed by atoms with Crippen LogP contribution < -0.4 is 9.64 Å². The Kier molecular flexibility index (Phi) is 6.12. The molecule has 0 radical (unpaired) electrons. The first-order valence-corrected chi connectivity index (χ1v) is 9.61. The van der Waals surface area contributed by atoms with E-state index in [1.807, 2.05) is 13.8 Å². The second-order valence-corrected chi connectivity index (χ2v) is 7.76. The van der Waals surface area contributed by atoms with Gasteiger partial charge in [0.25, 0.3) is 5.88 Å². The normalized spacial score (nSPS) is 26.2. The standard InChI is InChI=1S/C19H32N4O2/c1-14(2)24-19-18(20-7-8-21-19)23-9-5-17(6-10-23)13-22-11-15(3)25-16(4)12-22/h7-8,14-17H,5-6,9-13H2,1-4H3. The maximum atomic E-state index is 5.85. The van der Waals surface area contributed by atoms with Gasteiger partial charge in [0.1, 0.15) is 0 Å². The van der Waals surface area contributed by atoms with Crippen LogP contribution in [-0.2, 0) is 4.74 Å². The number of aromatic nitrogens is 2. The highest BCUT2D eigenvalue weighted by Crippen LogP contribution is 2.29. The molecule has 2 saturated heterocycles. The highest BCUT2D eigenvalue weighted by Gasteiger charge is 2.28. The Morgan fingerprint density at radius 2 is 1.76 bits per heavy atom. The van der Waals surface area contributed by atoms with Gasteiger partial charge in [0.2, 0.25) is 0 Å². The summed E-state index contributed by atoms with van der Waals surface area (Å²) in [5.74, 6) is 2.30. The number of piperidine rings is 1. The summed E-state index contributed by atoms with van der Waals surface area (Å²) in [6, 6.07) is 0. The summed E-state index contributed by atoms with van der Waals surface area (Å²) in [5.41, 5.74) is 0. The van der Waals surface area contributed by atoms with Gasteiger partial charge in [-0.1, -0.05) is 0 Å². The van der Waals surface area contributed by atoms with Crippen LogP contribution in [0.5, 0.6) is 5.88 Å². The van der Waals surface area contributed by atoms with Crippen LogP contribution in [0.15, 0.2) is 12.4 Å². The highest BCUT2D eigenvalue weighted by molar-refractivity contribution is 5.48. The number of hydrogen-bond acceptors (Lipinski definition) is 6. The van der Waals surface area contributed by atoms with E-state index in [0.29, 0.717) is 18.1 Å². The molecule has 1 aromatic rings. The monoisotopic (exact) mass is 348 g/mol. The van der Waals surface area contributed by atoms with Crippen molar-refractivity contribution in [2.75, 3.05) is 37.6 Å². The smallest absolute Gasteiger partial charge is 0.257 e. The third kappa shape index (κ3) is 5.05. The maximum Gasteiger partial charge on any atom is 0.257 e. The van der Waals surface area contributed by atoms with Gasteiger partial charge in [-0.05, 0) is 46.5 Å². The van der Waals surface area contributed by atoms with E-state index in [-0.39, 0.29) is 6.10 Å². The number of rotatable bonds is 5. The summed E-state index contributed by atoms with van der Waals surface area (Å²) < 4.78 is 11.7. The average molecular weight is 348 g/mol. The van der Waals surface area contributed by atoms with Crippen LogP contribution >= 0.6 is 0 Å². The summed E-state index contributed by atoms with van der Waals surface area (Å²) in [4.78, 5) is 13.8. The van der Waals surface area contributed by atoms with E-state index in [4.69, 9.17) is 9.47 Å². The van der Waals surface area contributed by atoms with Crippen molar-refractivity contribution in [1.82, 2.24) is 14.9 Å². The molecule has 0 spiro atoms. The molecule has 3 rings (SSSR count). The zero-order valence-electron chi connectivity index (χ0n) is 16.0. The predicted octanol–water partition coefficient (Wildman–Crippen LogP) is 2.59. The van der Waals surface area contributed by atoms with Gasteiger partial charge in [-0.25, -0.2) is 9.97 Å². The van der Waals surface area contributed by atoms with Gasteiger partial charge in [0, 0.05) is 45.1 Å². The van der Waals surface area contributed by atoms with Crippen LogP contribution in [0, 0.1) is 5.92 Å². The van der Waals surface area contributed by atoms with Crippen molar-refractivity contribution >= 4 is 5.82 Å². The van der Waals surface area contributed by atoms with E-state index in [0.717, 1.165) is 37.9 Å². The highest BCUT2D eigenvalue weighted by atomic mass is 16.5. The van der Waals surface area contributed by atoms with Crippen LogP contribution in [0.1, 0.15) is 40.5 Å². The second-order valence-electron chi connectivity index (χ2n) is 7.76. The SMILES string of the molecule is CC(C)Oc1nccnc1N1CCC(CN2CC(C)OC(C)C2)CC1. The van der Waals surface area contributed by atoms with Gasteiger partial charge in [-0.2, -0.15) is 0 Å². The van der Waals surface area contributed by atoms with E-state index in [1.54, 1.807) is 12.4 Å². The molecule has 25 heavy (non-hydrogen) atoms. The fourth-order valence-electron chi connectivity index (χ4n) is 3.97. The molecule has 6 nitrogen and oxygen atoms in total. The third-order valence-corrected chi connectivity index (χ3v) is 4.92. The van der Waals surface area contributed by atoms with Crippen LogP contribution in [0.4, 0.5) is 5.82 Å². The summed E-state index contributed by atoms with van der Waals surface area (Å²) in [7, 11) is 0. The van der Waals surface area contributed by atoms with Gasteiger partial charge >= 0.3 is 0 Å². The summed E-state index contributed by atoms with van der Waals surface area (Å²) in [6.45, 7) is 13.7. The molecular weight excluding hydrogens is 316 g/mol. The lowest BCUT2D eigenvalue weighted by Crippen LogP contribution is -2.48. The number of nitrogens with zero attached hydrogens (tertiary/aromatic N) is 4. The molecule has 0 bridgehead atoms. The molecule has 0 amide bonds. The minimum Gasteiger partial charge on any atom is -0.472 e. The molecule has 2 atom stereocenters. The molecule has 2 fully saturated rings. The molecule has 0 aliphatic carbocycles. The van der Waals surface area contributed by atoms with E-state index in [1.165, 1.54) is 19.4 Å². The topological polar surface area (TPSA) is 50.7 Å². The second kappa shape index (κ2) is 8.32. The Morgan fingerprint density at radius 3 is 2.40 bits per heavy atom. The first-order chi connectivity index (χ1) is 12.0. The van der Waals surface area contributed by atoms with Crippen LogP contribution in [0.25, 0.3) is 0 Å². The van der Waals surface area contributed by atoms with Gasteiger partial charge in [-0.15, -0.1) is 0 Å². The van der Waals surface area contributed by atoms with E-state index in [2.05, 4.69) is 33.6 Å². The average Bonchev–Trinajstić information content (AvgIpc) is 2.55. The Bertz CT molecular complexity index is 536. The minimum atomic E-state index is 0.110. The summed E-state index contributed by atoms with van der Waals surface area (Å²) in [6.07, 6.45) is 6.65. The third-order valence-electron chi connectivity index (χ3n) is 4.92. The lowest BCUT2D eigenvalue weighted by atomic mass is 9.95. The van der Waals surface area contributed by atoms with Crippen molar-refractivity contribution in [3.63, 3.8) is 0 Å². The van der Waals surface area contributed by atoms with Crippen molar-refractivity contribution in [3.05, 3.63) is 12.4 Å². The molecule has 2 aliphatic rings. The number of anilines is 1. The Hall–Kier alpha value is -1.40. The fourth-order valence-corrected chi connectivity index (χ4v) is 3.97. The van der Waals surface area contributed by atoms with Crippen molar-refractivity contribution < 1.29 is 9.47 Å². The molecule has 3 heterocycles. The Morgan fingerprint density at radius 1 is 1.12 bits per heavy atom. The van der Waals surface area contributed by atoms with E-state index < -0.39 is 0 Å². The predicted molar refractivity (Wildman–Crippen MR) is 99.2 cm³/mol. The molecule has 0 N–H and O–H groups in total. The maximum absolute atomic E-state index is 5.85. The molecule has 2 aliphatic heterocycles. The zero-order chi connectivity index (χ0) is 17.8. The molecule has 1 aromatic heterocycles. The number of morpholine rings is 1. The molecule has 2 unspecified atom stereocenters. The van der Waals surface area contributed by atoms with E-state index >= 15 is 0 Å². The van der Waals surface area contributed by atoms with Crippen molar-refractivity contribution in [2.24, 2.45) is 5.92 Å². The molecular formula is C19H32N4O2. The minimum absolute atomic E-state index is 0.110. The van der Waals surface area contributed by atoms with E-state index in [9.17, 15) is 0 Å². The van der Waals surface area contributed by atoms with Crippen LogP contribution in [0.3, 0.4) is 0 Å². The van der Waals surface area contributed by atoms with Gasteiger partial charge in [-0.3, -0.25) is 4.90 Å². The van der Waals surface area contributed by atoms with Crippen molar-refractivity contribution in [3.8, 4) is 5.88 Å². The summed E-state index contributed by atoms with van der Waals surface area (Å²) in [5, 5.41) is 0. The van der Waals surface area contributed by atoms with Crippen molar-refractivity contribution in [2.45, 2.75) is 58.8 Å². The zero-order valence-corrected chi connectivity index (χ0v) is 16.0.